The summed E-state index contributed by atoms with van der Waals surface area (Å²) in [5.74, 6) is 0.162. The summed E-state index contributed by atoms with van der Waals surface area (Å²) in [7, 11) is 0. The molecule has 0 aromatic carbocycles. The summed E-state index contributed by atoms with van der Waals surface area (Å²) < 4.78 is 4.82. The SMILES string of the molecule is Cc1cc(NC(=O)c2cc(N)n[nH]2)on1. The number of nitrogens with one attached hydrogen (secondary N) is 2. The van der Waals surface area contributed by atoms with Gasteiger partial charge in [0.05, 0.1) is 5.69 Å². The van der Waals surface area contributed by atoms with E-state index in [1.165, 1.54) is 6.07 Å². The first kappa shape index (κ1) is 9.25. The van der Waals surface area contributed by atoms with Gasteiger partial charge in [-0.3, -0.25) is 15.2 Å². The minimum Gasteiger partial charge on any atom is -0.382 e. The summed E-state index contributed by atoms with van der Waals surface area (Å²) in [4.78, 5) is 11.5. The lowest BCUT2D eigenvalue weighted by Gasteiger charge is -1.95. The fourth-order valence-corrected chi connectivity index (χ4v) is 1.06. The number of hydrogen-bond acceptors (Lipinski definition) is 5. The Morgan fingerprint density at radius 1 is 1.60 bits per heavy atom. The van der Waals surface area contributed by atoms with Crippen LogP contribution < -0.4 is 11.1 Å². The number of aromatic amines is 1. The number of carbonyl (C=O) groups excluding carboxylic acids is 1. The Kier molecular flexibility index (Phi) is 2.13. The second kappa shape index (κ2) is 3.45. The number of nitrogens with zero attached hydrogens (tertiary/aromatic N) is 2. The third-order valence-corrected chi connectivity index (χ3v) is 1.71. The van der Waals surface area contributed by atoms with Crippen molar-refractivity contribution in [2.45, 2.75) is 6.92 Å². The van der Waals surface area contributed by atoms with Crippen LogP contribution in [0.4, 0.5) is 11.7 Å². The van der Waals surface area contributed by atoms with Gasteiger partial charge >= 0.3 is 0 Å². The van der Waals surface area contributed by atoms with Crippen LogP contribution in [-0.2, 0) is 0 Å². The fraction of sp³-hybridized carbons (Fsp3) is 0.125. The topological polar surface area (TPSA) is 110 Å². The minimum absolute atomic E-state index is 0.258. The highest BCUT2D eigenvalue weighted by Gasteiger charge is 2.11. The maximum Gasteiger partial charge on any atom is 0.276 e. The maximum absolute atomic E-state index is 11.5. The Hall–Kier alpha value is -2.31. The van der Waals surface area contributed by atoms with E-state index >= 15 is 0 Å². The third-order valence-electron chi connectivity index (χ3n) is 1.71. The molecule has 0 aliphatic rings. The summed E-state index contributed by atoms with van der Waals surface area (Å²) in [6.45, 7) is 1.76. The number of amides is 1. The second-order valence-electron chi connectivity index (χ2n) is 2.99. The number of anilines is 2. The average molecular weight is 207 g/mol. The number of rotatable bonds is 2. The van der Waals surface area contributed by atoms with Crippen LogP contribution in [0.2, 0.25) is 0 Å². The molecule has 0 radical (unpaired) electrons. The molecule has 0 spiro atoms. The minimum atomic E-state index is -0.379. The van der Waals surface area contributed by atoms with E-state index in [0.29, 0.717) is 5.69 Å². The molecule has 1 amide bonds. The van der Waals surface area contributed by atoms with Crippen molar-refractivity contribution in [3.8, 4) is 0 Å². The third kappa shape index (κ3) is 1.96. The van der Waals surface area contributed by atoms with E-state index in [0.717, 1.165) is 0 Å². The zero-order valence-corrected chi connectivity index (χ0v) is 7.94. The fourth-order valence-electron chi connectivity index (χ4n) is 1.06. The van der Waals surface area contributed by atoms with Crippen molar-refractivity contribution in [3.05, 3.63) is 23.5 Å². The molecule has 0 fully saturated rings. The van der Waals surface area contributed by atoms with E-state index in [1.807, 2.05) is 0 Å². The Morgan fingerprint density at radius 2 is 2.40 bits per heavy atom. The number of aryl methyl sites for hydroxylation is 1. The quantitative estimate of drug-likeness (QED) is 0.665. The van der Waals surface area contributed by atoms with Crippen LogP contribution in [0.3, 0.4) is 0 Å². The molecular formula is C8H9N5O2. The molecule has 2 aromatic rings. The van der Waals surface area contributed by atoms with E-state index in [1.54, 1.807) is 13.0 Å². The molecule has 0 unspecified atom stereocenters. The van der Waals surface area contributed by atoms with Crippen molar-refractivity contribution < 1.29 is 9.32 Å². The van der Waals surface area contributed by atoms with E-state index in [-0.39, 0.29) is 23.3 Å². The van der Waals surface area contributed by atoms with Crippen LogP contribution in [0.5, 0.6) is 0 Å². The van der Waals surface area contributed by atoms with Gasteiger partial charge in [-0.25, -0.2) is 0 Å². The van der Waals surface area contributed by atoms with Crippen LogP contribution in [0, 0.1) is 6.92 Å². The molecule has 0 aliphatic carbocycles. The van der Waals surface area contributed by atoms with Gasteiger partial charge in [0.15, 0.2) is 0 Å². The van der Waals surface area contributed by atoms with Crippen LogP contribution in [0.15, 0.2) is 16.7 Å². The van der Waals surface area contributed by atoms with Gasteiger partial charge in [-0.15, -0.1) is 0 Å². The van der Waals surface area contributed by atoms with Crippen LogP contribution >= 0.6 is 0 Å². The molecule has 2 rings (SSSR count). The lowest BCUT2D eigenvalue weighted by molar-refractivity contribution is 0.101. The Morgan fingerprint density at radius 3 is 2.93 bits per heavy atom. The van der Waals surface area contributed by atoms with Crippen molar-refractivity contribution in [1.82, 2.24) is 15.4 Å². The number of H-pyrrole nitrogens is 1. The first-order valence-corrected chi connectivity index (χ1v) is 4.21. The highest BCUT2D eigenvalue weighted by atomic mass is 16.5. The summed E-state index contributed by atoms with van der Waals surface area (Å²) in [6.07, 6.45) is 0. The number of hydrogen-bond donors (Lipinski definition) is 3. The average Bonchev–Trinajstić information content (AvgIpc) is 2.75. The van der Waals surface area contributed by atoms with Crippen LogP contribution in [0.25, 0.3) is 0 Å². The second-order valence-corrected chi connectivity index (χ2v) is 2.99. The lowest BCUT2D eigenvalue weighted by Crippen LogP contribution is -2.11. The number of nitrogen functional groups attached to an aromatic ring is 1. The van der Waals surface area contributed by atoms with Gasteiger partial charge < -0.3 is 10.3 Å². The van der Waals surface area contributed by atoms with E-state index in [2.05, 4.69) is 20.7 Å². The largest absolute Gasteiger partial charge is 0.382 e. The molecule has 0 saturated carbocycles. The maximum atomic E-state index is 11.5. The molecule has 78 valence electrons. The molecule has 7 heteroatoms. The molecule has 2 heterocycles. The van der Waals surface area contributed by atoms with Gasteiger partial charge in [0.25, 0.3) is 5.91 Å². The van der Waals surface area contributed by atoms with Crippen LogP contribution in [0.1, 0.15) is 16.2 Å². The Balaban J connectivity index is 2.10. The zero-order chi connectivity index (χ0) is 10.8. The van der Waals surface area contributed by atoms with E-state index in [4.69, 9.17) is 10.3 Å². The number of aromatic nitrogens is 3. The van der Waals surface area contributed by atoms with Gasteiger partial charge in [-0.1, -0.05) is 5.16 Å². The molecule has 0 saturated heterocycles. The lowest BCUT2D eigenvalue weighted by atomic mass is 10.4. The molecule has 15 heavy (non-hydrogen) atoms. The predicted octanol–water partition coefficient (Wildman–Crippen LogP) is 0.541. The molecule has 4 N–H and O–H groups in total. The number of nitrogens with two attached hydrogens (primary N) is 1. The van der Waals surface area contributed by atoms with Crippen molar-refractivity contribution in [2.24, 2.45) is 0 Å². The van der Waals surface area contributed by atoms with Crippen molar-refractivity contribution in [1.29, 1.82) is 0 Å². The summed E-state index contributed by atoms with van der Waals surface area (Å²) in [6, 6.07) is 3.04. The van der Waals surface area contributed by atoms with Gasteiger partial charge in [-0.05, 0) is 6.92 Å². The molecule has 2 aromatic heterocycles. The van der Waals surface area contributed by atoms with E-state index < -0.39 is 0 Å². The van der Waals surface area contributed by atoms with Crippen molar-refractivity contribution in [2.75, 3.05) is 11.1 Å². The highest BCUT2D eigenvalue weighted by molar-refractivity contribution is 6.02. The van der Waals surface area contributed by atoms with Gasteiger partial charge in [0.2, 0.25) is 5.88 Å². The summed E-state index contributed by atoms with van der Waals surface area (Å²) in [5.41, 5.74) is 6.31. The smallest absolute Gasteiger partial charge is 0.276 e. The van der Waals surface area contributed by atoms with Crippen LogP contribution in [-0.4, -0.2) is 21.3 Å². The zero-order valence-electron chi connectivity index (χ0n) is 7.94. The van der Waals surface area contributed by atoms with Gasteiger partial charge in [0, 0.05) is 12.1 Å². The summed E-state index contributed by atoms with van der Waals surface area (Å²) >= 11 is 0. The molecule has 7 nitrogen and oxygen atoms in total. The van der Waals surface area contributed by atoms with Gasteiger partial charge in [0.1, 0.15) is 11.5 Å². The normalized spacial score (nSPS) is 10.2. The first-order chi connectivity index (χ1) is 7.15. The van der Waals surface area contributed by atoms with Crippen molar-refractivity contribution in [3.63, 3.8) is 0 Å². The predicted molar refractivity (Wildman–Crippen MR) is 52.2 cm³/mol. The standard InChI is InChI=1S/C8H9N5O2/c1-4-2-7(15-13-4)10-8(14)5-3-6(9)12-11-5/h2-3H,1H3,(H,10,14)(H3,9,11,12). The van der Waals surface area contributed by atoms with Gasteiger partial charge in [-0.2, -0.15) is 5.10 Å². The molecule has 0 atom stereocenters. The molecular weight excluding hydrogens is 198 g/mol. The first-order valence-electron chi connectivity index (χ1n) is 4.21. The molecule has 0 aliphatic heterocycles. The molecule has 0 bridgehead atoms. The Bertz CT molecular complexity index is 487. The van der Waals surface area contributed by atoms with E-state index in [9.17, 15) is 4.79 Å². The Labute approximate surface area is 84.6 Å². The highest BCUT2D eigenvalue weighted by Crippen LogP contribution is 2.10. The monoisotopic (exact) mass is 207 g/mol. The van der Waals surface area contributed by atoms with Crippen molar-refractivity contribution >= 4 is 17.6 Å². The summed E-state index contributed by atoms with van der Waals surface area (Å²) in [5, 5.41) is 12.2. The number of carbonyl (C=O) groups is 1.